The number of rotatable bonds is 5. The number of esters is 1. The molecule has 1 fully saturated rings. The molecule has 9 heteroatoms. The lowest BCUT2D eigenvalue weighted by atomic mass is 9.96. The highest BCUT2D eigenvalue weighted by Gasteiger charge is 2.26. The molecule has 1 aliphatic rings. The van der Waals surface area contributed by atoms with Crippen LogP contribution in [0.5, 0.6) is 0 Å². The zero-order valence-electron chi connectivity index (χ0n) is 14.5. The largest absolute Gasteiger partial charge is 0.451 e. The quantitative estimate of drug-likeness (QED) is 0.694. The summed E-state index contributed by atoms with van der Waals surface area (Å²) in [5, 5.41) is 6.73. The number of carbonyl (C=O) groups excluding carboxylic acids is 3. The van der Waals surface area contributed by atoms with E-state index in [0.29, 0.717) is 31.6 Å². The number of likely N-dealkylation sites (tertiary alicyclic amines) is 1. The molecular formula is C18H19BrN4O4. The van der Waals surface area contributed by atoms with Crippen LogP contribution in [0.15, 0.2) is 34.8 Å². The molecule has 0 aliphatic carbocycles. The van der Waals surface area contributed by atoms with Crippen molar-refractivity contribution < 1.29 is 19.1 Å². The Morgan fingerprint density at radius 3 is 2.52 bits per heavy atom. The first-order valence-electron chi connectivity index (χ1n) is 8.49. The van der Waals surface area contributed by atoms with E-state index >= 15 is 0 Å². The highest BCUT2D eigenvalue weighted by Crippen LogP contribution is 2.21. The third kappa shape index (κ3) is 4.73. The number of halogens is 1. The molecule has 3 rings (SSSR count). The average Bonchev–Trinajstić information content (AvgIpc) is 3.16. The molecule has 0 spiro atoms. The Balaban J connectivity index is 1.52. The summed E-state index contributed by atoms with van der Waals surface area (Å²) < 4.78 is 6.03. The zero-order chi connectivity index (χ0) is 19.4. The van der Waals surface area contributed by atoms with Gasteiger partial charge in [-0.25, -0.2) is 4.79 Å². The summed E-state index contributed by atoms with van der Waals surface area (Å²) in [5.41, 5.74) is 6.91. The fourth-order valence-corrected chi connectivity index (χ4v) is 3.17. The Hall–Kier alpha value is -2.68. The van der Waals surface area contributed by atoms with Gasteiger partial charge in [-0.05, 0) is 31.0 Å². The number of aromatic nitrogens is 2. The topological polar surface area (TPSA) is 118 Å². The molecule has 2 heterocycles. The van der Waals surface area contributed by atoms with E-state index in [1.807, 2.05) is 24.3 Å². The first-order chi connectivity index (χ1) is 12.9. The number of H-pyrrole nitrogens is 1. The van der Waals surface area contributed by atoms with Gasteiger partial charge in [0.25, 0.3) is 5.91 Å². The van der Waals surface area contributed by atoms with E-state index < -0.39 is 5.97 Å². The Bertz CT molecular complexity index is 841. The van der Waals surface area contributed by atoms with Gasteiger partial charge in [0.15, 0.2) is 6.61 Å². The second-order valence-corrected chi connectivity index (χ2v) is 7.22. The highest BCUT2D eigenvalue weighted by atomic mass is 79.9. The summed E-state index contributed by atoms with van der Waals surface area (Å²) in [6, 6.07) is 9.07. The molecule has 1 aromatic heterocycles. The van der Waals surface area contributed by atoms with Gasteiger partial charge in [0, 0.05) is 29.0 Å². The number of hydrogen-bond donors (Lipinski definition) is 2. The number of ether oxygens (including phenoxy) is 1. The molecular weight excluding hydrogens is 416 g/mol. The number of carbonyl (C=O) groups is 3. The molecule has 0 bridgehead atoms. The smallest absolute Gasteiger partial charge is 0.356 e. The standard InChI is InChI=1S/C18H19BrN4O4/c19-13-3-1-11(2-4-13)14-9-15(22-21-14)18(26)27-10-16(24)23-7-5-12(6-8-23)17(20)25/h1-4,9,12H,5-8,10H2,(H2,20,25)(H,21,22). The van der Waals surface area contributed by atoms with E-state index in [9.17, 15) is 14.4 Å². The van der Waals surface area contributed by atoms with Crippen LogP contribution in [0.2, 0.25) is 0 Å². The predicted molar refractivity (Wildman–Crippen MR) is 101 cm³/mol. The average molecular weight is 435 g/mol. The van der Waals surface area contributed by atoms with Crippen molar-refractivity contribution in [1.82, 2.24) is 15.1 Å². The van der Waals surface area contributed by atoms with Crippen molar-refractivity contribution in [2.24, 2.45) is 11.7 Å². The van der Waals surface area contributed by atoms with Crippen molar-refractivity contribution in [3.8, 4) is 11.3 Å². The maximum Gasteiger partial charge on any atom is 0.356 e. The van der Waals surface area contributed by atoms with Gasteiger partial charge in [0.1, 0.15) is 5.69 Å². The highest BCUT2D eigenvalue weighted by molar-refractivity contribution is 9.10. The molecule has 3 N–H and O–H groups in total. The number of hydrogen-bond acceptors (Lipinski definition) is 5. The Morgan fingerprint density at radius 1 is 1.22 bits per heavy atom. The van der Waals surface area contributed by atoms with Gasteiger partial charge < -0.3 is 15.4 Å². The van der Waals surface area contributed by atoms with Crippen LogP contribution in [0.3, 0.4) is 0 Å². The number of nitrogens with two attached hydrogens (primary N) is 1. The maximum atomic E-state index is 12.2. The van der Waals surface area contributed by atoms with Gasteiger partial charge in [-0.1, -0.05) is 28.1 Å². The van der Waals surface area contributed by atoms with Gasteiger partial charge in [-0.2, -0.15) is 5.10 Å². The number of nitrogens with one attached hydrogen (secondary N) is 1. The Morgan fingerprint density at radius 2 is 1.89 bits per heavy atom. The van der Waals surface area contributed by atoms with Crippen LogP contribution in [0.1, 0.15) is 23.3 Å². The number of benzene rings is 1. The van der Waals surface area contributed by atoms with Crippen LogP contribution >= 0.6 is 15.9 Å². The molecule has 0 atom stereocenters. The number of aromatic amines is 1. The fraction of sp³-hybridized carbons (Fsp3) is 0.333. The maximum absolute atomic E-state index is 12.2. The predicted octanol–water partition coefficient (Wildman–Crippen LogP) is 1.72. The lowest BCUT2D eigenvalue weighted by Gasteiger charge is -2.30. The van der Waals surface area contributed by atoms with Crippen LogP contribution in [0.25, 0.3) is 11.3 Å². The molecule has 8 nitrogen and oxygen atoms in total. The molecule has 2 aromatic rings. The van der Waals surface area contributed by atoms with E-state index in [4.69, 9.17) is 10.5 Å². The van der Waals surface area contributed by atoms with Crippen molar-refractivity contribution in [2.45, 2.75) is 12.8 Å². The summed E-state index contributed by atoms with van der Waals surface area (Å²) in [6.45, 7) is 0.510. The molecule has 27 heavy (non-hydrogen) atoms. The minimum atomic E-state index is -0.647. The lowest BCUT2D eigenvalue weighted by Crippen LogP contribution is -2.43. The van der Waals surface area contributed by atoms with Crippen LogP contribution in [-0.4, -0.2) is 52.6 Å². The molecule has 142 valence electrons. The third-order valence-corrected chi connectivity index (χ3v) is 5.04. The van der Waals surface area contributed by atoms with Crippen molar-refractivity contribution in [1.29, 1.82) is 0 Å². The van der Waals surface area contributed by atoms with E-state index in [1.165, 1.54) is 0 Å². The minimum Gasteiger partial charge on any atom is -0.451 e. The first kappa shape index (κ1) is 19.1. The van der Waals surface area contributed by atoms with E-state index in [1.54, 1.807) is 11.0 Å². The monoisotopic (exact) mass is 434 g/mol. The van der Waals surface area contributed by atoms with Gasteiger partial charge in [-0.3, -0.25) is 14.7 Å². The summed E-state index contributed by atoms with van der Waals surface area (Å²) in [7, 11) is 0. The van der Waals surface area contributed by atoms with Crippen LogP contribution in [0.4, 0.5) is 0 Å². The molecule has 0 unspecified atom stereocenters. The number of amides is 2. The summed E-state index contributed by atoms with van der Waals surface area (Å²) in [6.07, 6.45) is 1.07. The summed E-state index contributed by atoms with van der Waals surface area (Å²) >= 11 is 3.36. The molecule has 1 aromatic carbocycles. The first-order valence-corrected chi connectivity index (χ1v) is 9.29. The Kier molecular flexibility index (Phi) is 5.90. The van der Waals surface area contributed by atoms with Gasteiger partial charge in [0.05, 0.1) is 5.69 Å². The number of nitrogens with zero attached hydrogens (tertiary/aromatic N) is 2. The normalized spacial score (nSPS) is 14.8. The molecule has 0 radical (unpaired) electrons. The van der Waals surface area contributed by atoms with Crippen LogP contribution < -0.4 is 5.73 Å². The second kappa shape index (κ2) is 8.34. The Labute approximate surface area is 164 Å². The molecule has 2 amide bonds. The molecule has 1 saturated heterocycles. The van der Waals surface area contributed by atoms with E-state index in [2.05, 4.69) is 26.1 Å². The number of primary amides is 1. The van der Waals surface area contributed by atoms with Gasteiger partial charge in [-0.15, -0.1) is 0 Å². The summed E-state index contributed by atoms with van der Waals surface area (Å²) in [4.78, 5) is 37.0. The molecule has 0 saturated carbocycles. The minimum absolute atomic E-state index is 0.174. The van der Waals surface area contributed by atoms with Crippen molar-refractivity contribution >= 4 is 33.7 Å². The molecule has 1 aliphatic heterocycles. The SMILES string of the molecule is NC(=O)C1CCN(C(=O)COC(=O)c2cc(-c3ccc(Br)cc3)n[nH]2)CC1. The van der Waals surface area contributed by atoms with E-state index in [-0.39, 0.29) is 30.0 Å². The second-order valence-electron chi connectivity index (χ2n) is 6.31. The van der Waals surface area contributed by atoms with Gasteiger partial charge in [0.2, 0.25) is 5.91 Å². The van der Waals surface area contributed by atoms with Crippen LogP contribution in [0, 0.1) is 5.92 Å². The van der Waals surface area contributed by atoms with E-state index in [0.717, 1.165) is 10.0 Å². The van der Waals surface area contributed by atoms with Crippen molar-refractivity contribution in [3.05, 3.63) is 40.5 Å². The van der Waals surface area contributed by atoms with Crippen molar-refractivity contribution in [2.75, 3.05) is 19.7 Å². The lowest BCUT2D eigenvalue weighted by molar-refractivity contribution is -0.137. The zero-order valence-corrected chi connectivity index (χ0v) is 16.1. The number of piperidine rings is 1. The fourth-order valence-electron chi connectivity index (χ4n) is 2.90. The van der Waals surface area contributed by atoms with Crippen LogP contribution in [-0.2, 0) is 14.3 Å². The third-order valence-electron chi connectivity index (χ3n) is 4.51. The van der Waals surface area contributed by atoms with Gasteiger partial charge >= 0.3 is 5.97 Å². The van der Waals surface area contributed by atoms with Crippen molar-refractivity contribution in [3.63, 3.8) is 0 Å². The summed E-state index contributed by atoms with van der Waals surface area (Å²) in [5.74, 6) is -1.47.